The van der Waals surface area contributed by atoms with Crippen molar-refractivity contribution in [2.24, 2.45) is 5.41 Å². The summed E-state index contributed by atoms with van der Waals surface area (Å²) in [5, 5.41) is 2.76. The number of hydrogen-bond acceptors (Lipinski definition) is 4. The van der Waals surface area contributed by atoms with Gasteiger partial charge in [0.1, 0.15) is 5.82 Å². The minimum Gasteiger partial charge on any atom is -0.486 e. The third-order valence-corrected chi connectivity index (χ3v) is 9.46. The summed E-state index contributed by atoms with van der Waals surface area (Å²) in [5.41, 5.74) is 5.34. The molecule has 0 aliphatic heterocycles. The van der Waals surface area contributed by atoms with Gasteiger partial charge in [0.05, 0.1) is 19.9 Å². The number of aryl methyl sites for hydroxylation is 1. The Bertz CT molecular complexity index is 2120. The normalized spacial score (nSPS) is 13.6. The molecule has 0 saturated carbocycles. The van der Waals surface area contributed by atoms with Crippen molar-refractivity contribution in [2.75, 3.05) is 0 Å². The number of fused-ring (bicyclic) bond motifs is 3. The predicted molar refractivity (Wildman–Crippen MR) is 187 cm³/mol. The Morgan fingerprint density at radius 3 is 2.37 bits per heavy atom. The van der Waals surface area contributed by atoms with Crippen LogP contribution in [0.25, 0.3) is 44.6 Å². The van der Waals surface area contributed by atoms with E-state index in [1.165, 1.54) is 17.4 Å². The quantitative estimate of drug-likeness (QED) is 0.129. The predicted octanol–water partition coefficient (Wildman–Crippen LogP) is 10.1. The first-order valence-electron chi connectivity index (χ1n) is 17.1. The van der Waals surface area contributed by atoms with Crippen molar-refractivity contribution in [3.63, 3.8) is 0 Å². The smallest absolute Gasteiger partial charge is 0.216 e. The first-order valence-corrected chi connectivity index (χ1v) is 18.6. The van der Waals surface area contributed by atoms with Crippen molar-refractivity contribution >= 4 is 35.3 Å². The van der Waals surface area contributed by atoms with Gasteiger partial charge in [-0.3, -0.25) is 0 Å². The summed E-state index contributed by atoms with van der Waals surface area (Å²) in [6.45, 7) is 14.6. The maximum atomic E-state index is 14.3. The van der Waals surface area contributed by atoms with Gasteiger partial charge in [-0.2, -0.15) is 0 Å². The molecule has 0 aliphatic carbocycles. The molecule has 241 valence electrons. The van der Waals surface area contributed by atoms with Gasteiger partial charge in [-0.05, 0) is 58.9 Å². The Hall–Kier alpha value is -3.51. The zero-order valence-corrected chi connectivity index (χ0v) is 31.0. The molecule has 6 rings (SSSR count). The molecule has 4 heterocycles. The van der Waals surface area contributed by atoms with Crippen molar-refractivity contribution in [1.82, 2.24) is 15.0 Å². The fourth-order valence-electron chi connectivity index (χ4n) is 5.30. The molecular weight excluding hydrogens is 766 g/mol. The van der Waals surface area contributed by atoms with Crippen LogP contribution in [0.4, 0.5) is 4.39 Å². The van der Waals surface area contributed by atoms with Gasteiger partial charge in [-0.1, -0.05) is 82.9 Å². The van der Waals surface area contributed by atoms with E-state index in [1.807, 2.05) is 71.1 Å². The van der Waals surface area contributed by atoms with Gasteiger partial charge in [-0.25, -0.2) is 9.37 Å². The molecule has 0 fully saturated rings. The number of rotatable bonds is 5. The summed E-state index contributed by atoms with van der Waals surface area (Å²) in [6.07, 6.45) is 3.76. The van der Waals surface area contributed by atoms with Gasteiger partial charge in [0.15, 0.2) is 0 Å². The number of hydrogen-bond donors (Lipinski definition) is 0. The van der Waals surface area contributed by atoms with Crippen LogP contribution in [0.2, 0.25) is 19.6 Å². The van der Waals surface area contributed by atoms with Gasteiger partial charge in [0.25, 0.3) is 0 Å². The third kappa shape index (κ3) is 8.06. The van der Waals surface area contributed by atoms with Crippen molar-refractivity contribution in [3.05, 3.63) is 108 Å². The third-order valence-electron chi connectivity index (χ3n) is 7.45. The van der Waals surface area contributed by atoms with Crippen LogP contribution in [0.15, 0.2) is 77.5 Å². The largest absolute Gasteiger partial charge is 0.486 e. The van der Waals surface area contributed by atoms with Crippen LogP contribution in [-0.2, 0) is 26.5 Å². The Morgan fingerprint density at radius 1 is 0.957 bits per heavy atom. The molecule has 0 bridgehead atoms. The zero-order valence-electron chi connectivity index (χ0n) is 31.6. The molecule has 0 N–H and O–H groups in total. The molecule has 0 aliphatic rings. The first kappa shape index (κ1) is 29.9. The first-order chi connectivity index (χ1) is 22.7. The number of pyridine rings is 3. The standard InChI is InChI=1S/C22H20FN2O.C17H22NSi.Ir/c1-13-8-9-16-15-6-5-7-17(20(15)26-21(16)25-13)19-10-14(11-22(2,3)4)18(23)12-24-19;1-13(2)15-11-16(14-9-7-6-8-10-14)18-12-17(15)19(3,4)5;/h5-6,8-10,12H,11H2,1-4H3;6-9,11-13H,1-5H3;/q2*-1;/i1D3;13D;. The fraction of sp³-hybridized carbons (Fsp3) is 0.308. The van der Waals surface area contributed by atoms with E-state index in [9.17, 15) is 4.39 Å². The summed E-state index contributed by atoms with van der Waals surface area (Å²) in [7, 11) is -1.50. The molecule has 4 nitrogen and oxygen atoms in total. The minimum atomic E-state index is -2.32. The van der Waals surface area contributed by atoms with Crippen LogP contribution in [0.1, 0.15) is 62.8 Å². The van der Waals surface area contributed by atoms with Gasteiger partial charge >= 0.3 is 0 Å². The Balaban J connectivity index is 0.000000236. The maximum Gasteiger partial charge on any atom is 0.216 e. The van der Waals surface area contributed by atoms with Crippen LogP contribution in [0.3, 0.4) is 0 Å². The van der Waals surface area contributed by atoms with Crippen molar-refractivity contribution in [3.8, 4) is 22.5 Å². The summed E-state index contributed by atoms with van der Waals surface area (Å²) in [6, 6.07) is 24.8. The van der Waals surface area contributed by atoms with Gasteiger partial charge in [0, 0.05) is 42.9 Å². The summed E-state index contributed by atoms with van der Waals surface area (Å²) < 4.78 is 51.3. The number of aromatic nitrogens is 3. The molecular formula is C39H42FIrN3OSi-2. The van der Waals surface area contributed by atoms with Gasteiger partial charge in [0.2, 0.25) is 5.71 Å². The average molecular weight is 812 g/mol. The second-order valence-electron chi connectivity index (χ2n) is 13.8. The molecule has 0 saturated heterocycles. The van der Waals surface area contributed by atoms with E-state index in [0.29, 0.717) is 34.2 Å². The summed E-state index contributed by atoms with van der Waals surface area (Å²) >= 11 is 0. The van der Waals surface area contributed by atoms with E-state index in [0.717, 1.165) is 22.2 Å². The van der Waals surface area contributed by atoms with Crippen LogP contribution in [0.5, 0.6) is 0 Å². The monoisotopic (exact) mass is 812 g/mol. The molecule has 4 aromatic heterocycles. The van der Waals surface area contributed by atoms with E-state index in [-0.39, 0.29) is 42.7 Å². The number of halogens is 1. The van der Waals surface area contributed by atoms with Crippen LogP contribution in [-0.4, -0.2) is 23.0 Å². The fourth-order valence-corrected chi connectivity index (χ4v) is 6.89. The van der Waals surface area contributed by atoms with Crippen LogP contribution in [0, 0.1) is 30.2 Å². The van der Waals surface area contributed by atoms with E-state index in [2.05, 4.69) is 52.8 Å². The Kier molecular flexibility index (Phi) is 9.14. The van der Waals surface area contributed by atoms with Crippen LogP contribution >= 0.6 is 0 Å². The van der Waals surface area contributed by atoms with E-state index in [1.54, 1.807) is 18.2 Å². The van der Waals surface area contributed by atoms with E-state index in [4.69, 9.17) is 9.90 Å². The molecule has 6 aromatic rings. The average Bonchev–Trinajstić information content (AvgIpc) is 3.39. The van der Waals surface area contributed by atoms with E-state index >= 15 is 0 Å². The van der Waals surface area contributed by atoms with E-state index < -0.39 is 20.8 Å². The topological polar surface area (TPSA) is 51.8 Å². The molecule has 0 spiro atoms. The van der Waals surface area contributed by atoms with Gasteiger partial charge < -0.3 is 14.4 Å². The van der Waals surface area contributed by atoms with Crippen molar-refractivity contribution in [1.29, 1.82) is 0 Å². The number of benzene rings is 2. The maximum absolute atomic E-state index is 14.3. The molecule has 46 heavy (non-hydrogen) atoms. The Morgan fingerprint density at radius 2 is 1.72 bits per heavy atom. The summed E-state index contributed by atoms with van der Waals surface area (Å²) in [4.78, 5) is 13.0. The molecule has 0 amide bonds. The minimum absolute atomic E-state index is 0. The summed E-state index contributed by atoms with van der Waals surface area (Å²) in [5.74, 6) is -0.952. The molecule has 0 unspecified atom stereocenters. The molecule has 7 heteroatoms. The number of furan rings is 1. The second-order valence-corrected chi connectivity index (χ2v) is 18.8. The Labute approximate surface area is 292 Å². The van der Waals surface area contributed by atoms with Crippen molar-refractivity contribution < 1.29 is 34.4 Å². The SMILES string of the molecule is [2H]C(C)(C)c1cc(-c2[c-]cccc2)ncc1[Si](C)(C)C.[2H]C([2H])([2H])c1ccc2c(n1)oc1c(-c3cc(CC(C)(C)C)c(F)cn3)[c-]ccc12.[Ir]. The molecule has 2 aromatic carbocycles. The van der Waals surface area contributed by atoms with Gasteiger partial charge in [-0.15, -0.1) is 54.1 Å². The second kappa shape index (κ2) is 14.1. The number of nitrogens with zero attached hydrogens (tertiary/aromatic N) is 3. The molecule has 0 atom stereocenters. The van der Waals surface area contributed by atoms with Crippen LogP contribution < -0.4 is 5.19 Å². The molecule has 1 radical (unpaired) electrons. The zero-order chi connectivity index (χ0) is 35.9. The van der Waals surface area contributed by atoms with Crippen molar-refractivity contribution in [2.45, 2.75) is 73.4 Å².